The van der Waals surface area contributed by atoms with Crippen LogP contribution in [0.3, 0.4) is 0 Å². The number of nitrogens with zero attached hydrogens (tertiary/aromatic N) is 1. The van der Waals surface area contributed by atoms with Crippen LogP contribution in [0.15, 0.2) is 73.1 Å². The highest BCUT2D eigenvalue weighted by Gasteiger charge is 2.11. The summed E-state index contributed by atoms with van der Waals surface area (Å²) in [4.78, 5) is 31.2. The summed E-state index contributed by atoms with van der Waals surface area (Å²) in [6, 6.07) is 15.4. The Labute approximate surface area is 200 Å². The third kappa shape index (κ3) is 5.81. The molecule has 2 amide bonds. The summed E-state index contributed by atoms with van der Waals surface area (Å²) < 4.78 is 24.5. The van der Waals surface area contributed by atoms with Crippen LogP contribution in [-0.2, 0) is 11.3 Å². The van der Waals surface area contributed by atoms with E-state index >= 15 is 0 Å². The lowest BCUT2D eigenvalue weighted by molar-refractivity contribution is 0.0601. The van der Waals surface area contributed by atoms with E-state index in [1.165, 1.54) is 19.2 Å². The highest BCUT2D eigenvalue weighted by atomic mass is 19.1. The van der Waals surface area contributed by atoms with Crippen LogP contribution in [0.1, 0.15) is 15.9 Å². The Bertz CT molecular complexity index is 1350. The molecular formula is C25H22FN5O4. The Morgan fingerprint density at radius 3 is 2.57 bits per heavy atom. The molecule has 0 unspecified atom stereocenters. The molecule has 0 spiro atoms. The quantitative estimate of drug-likeness (QED) is 0.281. The fraction of sp³-hybridized carbons (Fsp3) is 0.0800. The molecule has 9 nitrogen and oxygen atoms in total. The van der Waals surface area contributed by atoms with Gasteiger partial charge in [0.1, 0.15) is 17.3 Å². The lowest BCUT2D eigenvalue weighted by atomic mass is 10.2. The van der Waals surface area contributed by atoms with E-state index < -0.39 is 17.8 Å². The summed E-state index contributed by atoms with van der Waals surface area (Å²) in [5.41, 5.74) is 8.39. The number of benzene rings is 2. The van der Waals surface area contributed by atoms with Gasteiger partial charge in [0, 0.05) is 30.7 Å². The number of aromatic nitrogens is 2. The number of pyridine rings is 1. The molecule has 0 aliphatic carbocycles. The predicted molar refractivity (Wildman–Crippen MR) is 129 cm³/mol. The van der Waals surface area contributed by atoms with Crippen LogP contribution >= 0.6 is 0 Å². The number of carbonyl (C=O) groups is 2. The standard InChI is InChI=1S/C25H22FN5O4/c1-34-24(32)16-11-22(29-14-16)23-12-19(8-9-28-23)35-18-5-3-17(4-6-18)30-25(33)31-21-10-15(13-27)2-7-20(21)26/h2-12,14,29H,13,27H2,1H3,(H2,30,31,33). The van der Waals surface area contributed by atoms with Gasteiger partial charge in [0.15, 0.2) is 0 Å². The van der Waals surface area contributed by atoms with Crippen molar-refractivity contribution in [1.29, 1.82) is 0 Å². The van der Waals surface area contributed by atoms with Crippen LogP contribution in [-0.4, -0.2) is 29.1 Å². The fourth-order valence-electron chi connectivity index (χ4n) is 3.22. The van der Waals surface area contributed by atoms with Gasteiger partial charge in [-0.05, 0) is 54.1 Å². The van der Waals surface area contributed by atoms with Crippen molar-refractivity contribution in [3.63, 3.8) is 0 Å². The van der Waals surface area contributed by atoms with Crippen molar-refractivity contribution in [2.45, 2.75) is 6.54 Å². The summed E-state index contributed by atoms with van der Waals surface area (Å²) in [5.74, 6) is 0.0460. The number of carbonyl (C=O) groups excluding carboxylic acids is 2. The van der Waals surface area contributed by atoms with E-state index in [1.54, 1.807) is 60.9 Å². The number of esters is 1. The van der Waals surface area contributed by atoms with Gasteiger partial charge in [-0.2, -0.15) is 0 Å². The zero-order valence-corrected chi connectivity index (χ0v) is 18.7. The molecule has 2 aromatic carbocycles. The maximum Gasteiger partial charge on any atom is 0.339 e. The minimum absolute atomic E-state index is 0.0414. The monoisotopic (exact) mass is 475 g/mol. The maximum atomic E-state index is 13.9. The molecule has 2 aromatic heterocycles. The van der Waals surface area contributed by atoms with Crippen molar-refractivity contribution in [2.24, 2.45) is 5.73 Å². The Morgan fingerprint density at radius 2 is 1.83 bits per heavy atom. The van der Waals surface area contributed by atoms with Gasteiger partial charge >= 0.3 is 12.0 Å². The van der Waals surface area contributed by atoms with E-state index in [1.807, 2.05) is 0 Å². The van der Waals surface area contributed by atoms with Crippen LogP contribution < -0.4 is 21.1 Å². The summed E-state index contributed by atoms with van der Waals surface area (Å²) in [6.07, 6.45) is 3.13. The molecule has 35 heavy (non-hydrogen) atoms. The molecule has 0 radical (unpaired) electrons. The van der Waals surface area contributed by atoms with E-state index in [4.69, 9.17) is 15.2 Å². The second-order valence-electron chi connectivity index (χ2n) is 7.39. The van der Waals surface area contributed by atoms with Crippen molar-refractivity contribution in [3.05, 3.63) is 90.0 Å². The molecule has 0 saturated carbocycles. The summed E-state index contributed by atoms with van der Waals surface area (Å²) in [5, 5.41) is 5.11. The second-order valence-corrected chi connectivity index (χ2v) is 7.39. The maximum absolute atomic E-state index is 13.9. The van der Waals surface area contributed by atoms with Crippen LogP contribution in [0, 0.1) is 5.82 Å². The van der Waals surface area contributed by atoms with Crippen LogP contribution in [0.5, 0.6) is 11.5 Å². The Balaban J connectivity index is 1.39. The number of H-pyrrole nitrogens is 1. The molecule has 0 saturated heterocycles. The molecule has 10 heteroatoms. The van der Waals surface area contributed by atoms with E-state index in [9.17, 15) is 14.0 Å². The summed E-state index contributed by atoms with van der Waals surface area (Å²) in [7, 11) is 1.32. The third-order valence-electron chi connectivity index (χ3n) is 4.97. The van der Waals surface area contributed by atoms with E-state index in [0.29, 0.717) is 39.7 Å². The number of hydrogen-bond donors (Lipinski definition) is 4. The van der Waals surface area contributed by atoms with Gasteiger partial charge in [-0.15, -0.1) is 0 Å². The number of ether oxygens (including phenoxy) is 2. The summed E-state index contributed by atoms with van der Waals surface area (Å²) in [6.45, 7) is 0.233. The first-order chi connectivity index (χ1) is 16.9. The van der Waals surface area contributed by atoms with Gasteiger partial charge < -0.3 is 30.8 Å². The highest BCUT2D eigenvalue weighted by molar-refractivity contribution is 5.99. The minimum atomic E-state index is -0.595. The second kappa shape index (κ2) is 10.5. The zero-order chi connectivity index (χ0) is 24.8. The average Bonchev–Trinajstić information content (AvgIpc) is 3.37. The van der Waals surface area contributed by atoms with E-state index in [2.05, 4.69) is 20.6 Å². The van der Waals surface area contributed by atoms with Crippen molar-refractivity contribution >= 4 is 23.4 Å². The molecule has 0 fully saturated rings. The lowest BCUT2D eigenvalue weighted by Gasteiger charge is -2.11. The van der Waals surface area contributed by atoms with Gasteiger partial charge in [-0.3, -0.25) is 4.98 Å². The first-order valence-electron chi connectivity index (χ1n) is 10.5. The molecule has 5 N–H and O–H groups in total. The van der Waals surface area contributed by atoms with E-state index in [-0.39, 0.29) is 12.2 Å². The number of aromatic amines is 1. The molecule has 0 atom stereocenters. The van der Waals surface area contributed by atoms with Crippen LogP contribution in [0.2, 0.25) is 0 Å². The van der Waals surface area contributed by atoms with Gasteiger partial charge in [0.2, 0.25) is 0 Å². The van der Waals surface area contributed by atoms with Crippen molar-refractivity contribution < 1.29 is 23.5 Å². The third-order valence-corrected chi connectivity index (χ3v) is 4.97. The smallest absolute Gasteiger partial charge is 0.339 e. The number of nitrogens with two attached hydrogens (primary N) is 1. The van der Waals surface area contributed by atoms with Crippen molar-refractivity contribution in [2.75, 3.05) is 17.7 Å². The first kappa shape index (κ1) is 23.5. The molecule has 4 rings (SSSR count). The van der Waals surface area contributed by atoms with Gasteiger partial charge in [0.25, 0.3) is 0 Å². The first-order valence-corrected chi connectivity index (χ1v) is 10.5. The van der Waals surface area contributed by atoms with Crippen LogP contribution in [0.4, 0.5) is 20.6 Å². The summed E-state index contributed by atoms with van der Waals surface area (Å²) >= 11 is 0. The molecule has 178 valence electrons. The molecular weight excluding hydrogens is 453 g/mol. The predicted octanol–water partition coefficient (Wildman–Crippen LogP) is 4.90. The largest absolute Gasteiger partial charge is 0.465 e. The average molecular weight is 475 g/mol. The normalized spacial score (nSPS) is 10.5. The van der Waals surface area contributed by atoms with Crippen molar-refractivity contribution in [3.8, 4) is 22.9 Å². The molecule has 0 aliphatic heterocycles. The number of amides is 2. The van der Waals surface area contributed by atoms with E-state index in [0.717, 1.165) is 0 Å². The van der Waals surface area contributed by atoms with Gasteiger partial charge in [-0.1, -0.05) is 6.07 Å². The highest BCUT2D eigenvalue weighted by Crippen LogP contribution is 2.27. The Kier molecular flexibility index (Phi) is 7.03. The number of hydrogen-bond acceptors (Lipinski definition) is 6. The zero-order valence-electron chi connectivity index (χ0n) is 18.7. The number of rotatable bonds is 7. The topological polar surface area (TPSA) is 131 Å². The SMILES string of the molecule is COC(=O)c1c[nH]c(-c2cc(Oc3ccc(NC(=O)Nc4cc(CN)ccc4F)cc3)ccn2)c1. The molecule has 0 bridgehead atoms. The minimum Gasteiger partial charge on any atom is -0.465 e. The van der Waals surface area contributed by atoms with Crippen molar-refractivity contribution in [1.82, 2.24) is 9.97 Å². The number of halogens is 1. The number of anilines is 2. The number of urea groups is 1. The molecule has 4 aromatic rings. The van der Waals surface area contributed by atoms with Gasteiger partial charge in [-0.25, -0.2) is 14.0 Å². The molecule has 2 heterocycles. The van der Waals surface area contributed by atoms with Gasteiger partial charge in [0.05, 0.1) is 29.7 Å². The lowest BCUT2D eigenvalue weighted by Crippen LogP contribution is -2.20. The molecule has 0 aliphatic rings. The fourth-order valence-corrected chi connectivity index (χ4v) is 3.22. The number of nitrogens with one attached hydrogen (secondary N) is 3. The Morgan fingerprint density at radius 1 is 1.03 bits per heavy atom. The number of methoxy groups -OCH3 is 1. The van der Waals surface area contributed by atoms with Crippen LogP contribution in [0.25, 0.3) is 11.4 Å². The Hall–Kier alpha value is -4.70.